The van der Waals surface area contributed by atoms with Crippen LogP contribution in [-0.2, 0) is 12.8 Å². The molecule has 5 rings (SSSR count). The Morgan fingerprint density at radius 3 is 2.70 bits per heavy atom. The van der Waals surface area contributed by atoms with Gasteiger partial charge in [0.15, 0.2) is 5.16 Å². The molecule has 0 saturated carbocycles. The first kappa shape index (κ1) is 16.6. The summed E-state index contributed by atoms with van der Waals surface area (Å²) >= 11 is 3.11. The summed E-state index contributed by atoms with van der Waals surface area (Å²) in [5.74, 6) is 0.570. The molecule has 136 valence electrons. The molecule has 0 N–H and O–H groups in total. The topological polar surface area (TPSA) is 90.4 Å². The summed E-state index contributed by atoms with van der Waals surface area (Å²) in [6.45, 7) is 0. The van der Waals surface area contributed by atoms with Crippen LogP contribution in [0.3, 0.4) is 0 Å². The number of hydrogen-bond acceptors (Lipinski definition) is 7. The van der Waals surface area contributed by atoms with E-state index in [1.54, 1.807) is 23.5 Å². The number of fused-ring (bicyclic) bond motifs is 4. The molecule has 27 heavy (non-hydrogen) atoms. The second-order valence-electron chi connectivity index (χ2n) is 6.54. The molecule has 2 aliphatic rings. The molecular weight excluding hydrogens is 384 g/mol. The lowest BCUT2D eigenvalue weighted by Crippen LogP contribution is -2.26. The van der Waals surface area contributed by atoms with Gasteiger partial charge in [-0.15, -0.1) is 11.3 Å². The van der Waals surface area contributed by atoms with Gasteiger partial charge in [0.05, 0.1) is 16.0 Å². The number of aryl methyl sites for hydroxylation is 2. The Balaban J connectivity index is 1.64. The minimum absolute atomic E-state index is 0.0358. The van der Waals surface area contributed by atoms with Gasteiger partial charge in [0.1, 0.15) is 4.83 Å². The Bertz CT molecular complexity index is 1180. The Morgan fingerprint density at radius 1 is 1.15 bits per heavy atom. The van der Waals surface area contributed by atoms with Gasteiger partial charge < -0.3 is 0 Å². The molecule has 0 bridgehead atoms. The van der Waals surface area contributed by atoms with Crippen LogP contribution in [0.15, 0.2) is 39.3 Å². The number of nitrogens with zero attached hydrogens (tertiary/aromatic N) is 4. The lowest BCUT2D eigenvalue weighted by molar-refractivity contribution is -0.384. The fourth-order valence-electron chi connectivity index (χ4n) is 3.56. The maximum atomic E-state index is 13.1. The number of thiophene rings is 1. The average molecular weight is 398 g/mol. The van der Waals surface area contributed by atoms with Gasteiger partial charge in [-0.25, -0.2) is 4.98 Å². The van der Waals surface area contributed by atoms with Crippen LogP contribution in [0.4, 0.5) is 5.69 Å². The highest BCUT2D eigenvalue weighted by atomic mass is 32.2. The summed E-state index contributed by atoms with van der Waals surface area (Å²) in [5.41, 5.74) is 2.57. The van der Waals surface area contributed by atoms with Crippen LogP contribution < -0.4 is 5.56 Å². The third-order valence-electron chi connectivity index (χ3n) is 4.91. The molecule has 3 heterocycles. The number of thioether (sulfide) groups is 1. The largest absolute Gasteiger partial charge is 0.283 e. The molecule has 2 aromatic heterocycles. The zero-order chi connectivity index (χ0) is 18.5. The van der Waals surface area contributed by atoms with Gasteiger partial charge in [-0.05, 0) is 48.9 Å². The van der Waals surface area contributed by atoms with Gasteiger partial charge in [-0.1, -0.05) is 11.8 Å². The van der Waals surface area contributed by atoms with Crippen molar-refractivity contribution in [1.82, 2.24) is 9.66 Å². The van der Waals surface area contributed by atoms with E-state index in [1.165, 1.54) is 33.4 Å². The number of nitro benzene ring substituents is 1. The summed E-state index contributed by atoms with van der Waals surface area (Å²) in [6.07, 6.45) is 4.22. The molecular formula is C18H14N4O3S2. The average Bonchev–Trinajstić information content (AvgIpc) is 3.06. The molecule has 1 aliphatic carbocycles. The predicted molar refractivity (Wildman–Crippen MR) is 106 cm³/mol. The van der Waals surface area contributed by atoms with E-state index < -0.39 is 4.92 Å². The van der Waals surface area contributed by atoms with Crippen molar-refractivity contribution < 1.29 is 4.92 Å². The van der Waals surface area contributed by atoms with Gasteiger partial charge >= 0.3 is 0 Å². The van der Waals surface area contributed by atoms with E-state index in [4.69, 9.17) is 4.98 Å². The highest BCUT2D eigenvalue weighted by Crippen LogP contribution is 2.35. The first-order valence-electron chi connectivity index (χ1n) is 8.64. The monoisotopic (exact) mass is 398 g/mol. The standard InChI is InChI=1S/C18H14N4O3S2/c23-17-15-12-3-1-2-4-14(12)27-16(15)19-18-21(17)20-13(9-26-18)10-5-7-11(8-6-10)22(24)25/h5-8H,1-4,9H2. The van der Waals surface area contributed by atoms with Crippen molar-refractivity contribution in [3.05, 3.63) is 60.7 Å². The summed E-state index contributed by atoms with van der Waals surface area (Å²) in [7, 11) is 0. The van der Waals surface area contributed by atoms with Crippen LogP contribution in [0.2, 0.25) is 0 Å². The lowest BCUT2D eigenvalue weighted by Gasteiger charge is -2.16. The van der Waals surface area contributed by atoms with Gasteiger partial charge in [0.2, 0.25) is 0 Å². The molecule has 0 unspecified atom stereocenters. The Kier molecular flexibility index (Phi) is 3.87. The summed E-state index contributed by atoms with van der Waals surface area (Å²) in [4.78, 5) is 30.3. The van der Waals surface area contributed by atoms with Crippen LogP contribution in [-0.4, -0.2) is 26.0 Å². The SMILES string of the molecule is O=c1c2c3c(sc2nc2n1N=C(c1ccc([N+](=O)[O-])cc1)CS2)CCCC3. The molecule has 0 radical (unpaired) electrons. The molecule has 3 aromatic rings. The van der Waals surface area contributed by atoms with Crippen LogP contribution in [0.1, 0.15) is 28.8 Å². The number of aromatic nitrogens is 2. The fourth-order valence-corrected chi connectivity index (χ4v) is 5.76. The van der Waals surface area contributed by atoms with Crippen LogP contribution in [0, 0.1) is 10.1 Å². The number of benzene rings is 1. The van der Waals surface area contributed by atoms with Crippen molar-refractivity contribution in [2.75, 3.05) is 5.75 Å². The highest BCUT2D eigenvalue weighted by molar-refractivity contribution is 7.99. The van der Waals surface area contributed by atoms with E-state index >= 15 is 0 Å². The van der Waals surface area contributed by atoms with Crippen molar-refractivity contribution in [2.24, 2.45) is 5.10 Å². The van der Waals surface area contributed by atoms with E-state index in [1.807, 2.05) is 0 Å². The van der Waals surface area contributed by atoms with Gasteiger partial charge in [-0.2, -0.15) is 9.78 Å². The van der Waals surface area contributed by atoms with Crippen LogP contribution >= 0.6 is 23.1 Å². The third kappa shape index (κ3) is 2.69. The first-order valence-corrected chi connectivity index (χ1v) is 10.4. The molecule has 0 amide bonds. The summed E-state index contributed by atoms with van der Waals surface area (Å²) < 4.78 is 1.40. The number of rotatable bonds is 2. The second-order valence-corrected chi connectivity index (χ2v) is 8.57. The molecule has 0 spiro atoms. The van der Waals surface area contributed by atoms with Crippen molar-refractivity contribution >= 4 is 44.7 Å². The lowest BCUT2D eigenvalue weighted by atomic mass is 9.97. The molecule has 9 heteroatoms. The van der Waals surface area contributed by atoms with Gasteiger partial charge in [0.25, 0.3) is 11.2 Å². The molecule has 7 nitrogen and oxygen atoms in total. The minimum atomic E-state index is -0.429. The number of non-ortho nitro benzene ring substituents is 1. The molecule has 0 fully saturated rings. The maximum absolute atomic E-state index is 13.1. The quantitative estimate of drug-likeness (QED) is 0.374. The van der Waals surface area contributed by atoms with Crippen molar-refractivity contribution in [3.63, 3.8) is 0 Å². The number of nitro groups is 1. The van der Waals surface area contributed by atoms with Crippen LogP contribution in [0.5, 0.6) is 0 Å². The zero-order valence-corrected chi connectivity index (χ0v) is 15.8. The first-order chi connectivity index (χ1) is 13.1. The minimum Gasteiger partial charge on any atom is -0.267 e. The zero-order valence-electron chi connectivity index (χ0n) is 14.2. The fraction of sp³-hybridized carbons (Fsp3) is 0.278. The maximum Gasteiger partial charge on any atom is 0.283 e. The normalized spacial score (nSPS) is 15.9. The number of hydrogen-bond donors (Lipinski definition) is 0. The van der Waals surface area contributed by atoms with Crippen molar-refractivity contribution in [3.8, 4) is 0 Å². The van der Waals surface area contributed by atoms with Gasteiger partial charge in [-0.3, -0.25) is 14.9 Å². The highest BCUT2D eigenvalue weighted by Gasteiger charge is 2.24. The molecule has 1 aromatic carbocycles. The Morgan fingerprint density at radius 2 is 1.93 bits per heavy atom. The second kappa shape index (κ2) is 6.28. The van der Waals surface area contributed by atoms with Gasteiger partial charge in [0, 0.05) is 22.8 Å². The molecule has 0 atom stereocenters. The van der Waals surface area contributed by atoms with E-state index in [0.717, 1.165) is 47.4 Å². The van der Waals surface area contributed by atoms with E-state index in [-0.39, 0.29) is 11.2 Å². The molecule has 0 saturated heterocycles. The van der Waals surface area contributed by atoms with Crippen LogP contribution in [0.25, 0.3) is 10.2 Å². The summed E-state index contributed by atoms with van der Waals surface area (Å²) in [6, 6.07) is 6.26. The van der Waals surface area contributed by atoms with E-state index in [0.29, 0.717) is 16.3 Å². The predicted octanol–water partition coefficient (Wildman–Crippen LogP) is 3.60. The Labute approximate surface area is 161 Å². The third-order valence-corrected chi connectivity index (χ3v) is 7.03. The molecule has 1 aliphatic heterocycles. The summed E-state index contributed by atoms with van der Waals surface area (Å²) in [5, 5.41) is 16.7. The van der Waals surface area contributed by atoms with E-state index in [2.05, 4.69) is 5.10 Å². The Hall–Kier alpha value is -2.52. The van der Waals surface area contributed by atoms with Crippen molar-refractivity contribution in [1.29, 1.82) is 0 Å². The van der Waals surface area contributed by atoms with E-state index in [9.17, 15) is 14.9 Å². The smallest absolute Gasteiger partial charge is 0.267 e. The van der Waals surface area contributed by atoms with Crippen molar-refractivity contribution in [2.45, 2.75) is 30.8 Å².